The first-order chi connectivity index (χ1) is 17.5. The van der Waals surface area contributed by atoms with Gasteiger partial charge in [0.05, 0.1) is 10.9 Å². The van der Waals surface area contributed by atoms with E-state index in [2.05, 4.69) is 60.6 Å². The number of halogens is 1. The minimum atomic E-state index is -0.910. The number of pyridine rings is 1. The van der Waals surface area contributed by atoms with E-state index in [1.165, 1.54) is 43.0 Å². The molecule has 5 aromatic rings. The Morgan fingerprint density at radius 1 is 0.861 bits per heavy atom. The van der Waals surface area contributed by atoms with Crippen LogP contribution in [0.4, 0.5) is 4.39 Å². The highest BCUT2D eigenvalue weighted by molar-refractivity contribution is 7.72. The van der Waals surface area contributed by atoms with Gasteiger partial charge in [-0.15, -0.1) is 0 Å². The van der Waals surface area contributed by atoms with Crippen LogP contribution in [0.5, 0.6) is 0 Å². The minimum absolute atomic E-state index is 0.185. The lowest BCUT2D eigenvalue weighted by atomic mass is 9.84. The van der Waals surface area contributed by atoms with Crippen LogP contribution in [0.1, 0.15) is 49.1 Å². The molecule has 3 aromatic carbocycles. The van der Waals surface area contributed by atoms with Crippen LogP contribution in [0.15, 0.2) is 77.3 Å². The van der Waals surface area contributed by atoms with Gasteiger partial charge in [-0.2, -0.15) is 0 Å². The van der Waals surface area contributed by atoms with Gasteiger partial charge in [0.25, 0.3) is 0 Å². The molecule has 1 aliphatic carbocycles. The van der Waals surface area contributed by atoms with Gasteiger partial charge in [0.2, 0.25) is 5.69 Å². The molecule has 1 unspecified atom stereocenters. The number of aryl methyl sites for hydroxylation is 2. The van der Waals surface area contributed by atoms with Gasteiger partial charge in [-0.3, -0.25) is 0 Å². The summed E-state index contributed by atoms with van der Waals surface area (Å²) >= 11 is 0. The van der Waals surface area contributed by atoms with Gasteiger partial charge in [0.1, 0.15) is 24.0 Å². The maximum absolute atomic E-state index is 15.5. The van der Waals surface area contributed by atoms with Crippen LogP contribution in [0.3, 0.4) is 0 Å². The van der Waals surface area contributed by atoms with Crippen molar-refractivity contribution < 1.29 is 13.4 Å². The highest BCUT2D eigenvalue weighted by Crippen LogP contribution is 2.41. The second-order valence-corrected chi connectivity index (χ2v) is 12.3. The Morgan fingerprint density at radius 2 is 1.58 bits per heavy atom. The number of benzene rings is 3. The van der Waals surface area contributed by atoms with Crippen LogP contribution in [-0.2, 0) is 7.05 Å². The summed E-state index contributed by atoms with van der Waals surface area (Å²) in [6.45, 7) is 4.26. The lowest BCUT2D eigenvalue weighted by Crippen LogP contribution is -2.30. The van der Waals surface area contributed by atoms with E-state index in [4.69, 9.17) is 4.42 Å². The van der Waals surface area contributed by atoms with Gasteiger partial charge in [-0.1, -0.05) is 55.7 Å². The molecule has 36 heavy (non-hydrogen) atoms. The molecule has 0 saturated heterocycles. The van der Waals surface area contributed by atoms with Gasteiger partial charge in [0.15, 0.2) is 6.20 Å². The molecule has 1 aliphatic rings. The summed E-state index contributed by atoms with van der Waals surface area (Å²) in [5.41, 5.74) is 6.23. The number of furan rings is 1. The van der Waals surface area contributed by atoms with Crippen molar-refractivity contribution in [1.29, 1.82) is 0 Å². The molecule has 2 aromatic heterocycles. The smallest absolute Gasteiger partial charge is 0.216 e. The summed E-state index contributed by atoms with van der Waals surface area (Å²) in [5.74, 6) is 0.488. The summed E-state index contributed by atoms with van der Waals surface area (Å²) in [6.07, 6.45) is 8.63. The fourth-order valence-electron chi connectivity index (χ4n) is 5.91. The lowest BCUT2D eigenvalue weighted by Gasteiger charge is -2.22. The number of nitrogens with zero attached hydrogens (tertiary/aromatic N) is 1. The Balaban J connectivity index is 1.48. The largest absolute Gasteiger partial charge is 0.454 e. The van der Waals surface area contributed by atoms with Gasteiger partial charge in [-0.25, -0.2) is 8.96 Å². The third kappa shape index (κ3) is 3.95. The molecule has 1 fully saturated rings. The summed E-state index contributed by atoms with van der Waals surface area (Å²) in [4.78, 5) is 0. The lowest BCUT2D eigenvalue weighted by molar-refractivity contribution is -0.660. The first kappa shape index (κ1) is 23.4. The molecule has 0 aliphatic heterocycles. The Bertz CT molecular complexity index is 1560. The zero-order valence-electron chi connectivity index (χ0n) is 21.2. The second kappa shape index (κ2) is 9.45. The Morgan fingerprint density at radius 3 is 2.33 bits per heavy atom. The van der Waals surface area contributed by atoms with Crippen molar-refractivity contribution in [2.45, 2.75) is 44.9 Å². The topological polar surface area (TPSA) is 17.0 Å². The van der Waals surface area contributed by atoms with Crippen molar-refractivity contribution in [1.82, 2.24) is 0 Å². The Hall–Kier alpha value is -3.03. The maximum Gasteiger partial charge on any atom is 0.216 e. The minimum Gasteiger partial charge on any atom is -0.454 e. The molecule has 2 heterocycles. The first-order valence-corrected chi connectivity index (χ1v) is 14.7. The SMILES string of the molecule is Cc1ccc2c(oc3c(P(C)c4ccc(C5CCCCC5)cc4)c(F)ccc32)c1-c1cccc[n+]1C. The van der Waals surface area contributed by atoms with E-state index in [1.807, 2.05) is 31.4 Å². The van der Waals surface area contributed by atoms with E-state index < -0.39 is 7.92 Å². The molecule has 182 valence electrons. The summed E-state index contributed by atoms with van der Waals surface area (Å²) in [6, 6.07) is 22.9. The number of fused-ring (bicyclic) bond motifs is 3. The van der Waals surface area contributed by atoms with Gasteiger partial charge >= 0.3 is 0 Å². The van der Waals surface area contributed by atoms with Crippen molar-refractivity contribution in [3.8, 4) is 11.3 Å². The molecule has 6 rings (SSSR count). The molecule has 0 radical (unpaired) electrons. The van der Waals surface area contributed by atoms with E-state index in [0.717, 1.165) is 33.2 Å². The normalized spacial score (nSPS) is 15.6. The standard InChI is InChI=1S/C32H32FNOP/c1-21-12-17-25-26-18-19-27(33)32(31(26)35-30(25)29(21)28-11-7-8-20-34(28)2)36(3)24-15-13-23(14-16-24)22-9-5-4-6-10-22/h7-8,11-20,22H,4-6,9-10H2,1-3H3/q+1. The Labute approximate surface area is 213 Å². The van der Waals surface area contributed by atoms with Crippen LogP contribution in [0, 0.1) is 12.7 Å². The van der Waals surface area contributed by atoms with Crippen molar-refractivity contribution in [3.05, 3.63) is 89.9 Å². The quantitative estimate of drug-likeness (QED) is 0.185. The fourth-order valence-corrected chi connectivity index (χ4v) is 7.63. The van der Waals surface area contributed by atoms with Gasteiger partial charge < -0.3 is 4.42 Å². The zero-order valence-corrected chi connectivity index (χ0v) is 22.1. The average Bonchev–Trinajstić information content (AvgIpc) is 3.28. The van der Waals surface area contributed by atoms with Gasteiger partial charge in [0, 0.05) is 22.9 Å². The highest BCUT2D eigenvalue weighted by atomic mass is 31.1. The first-order valence-electron chi connectivity index (χ1n) is 13.0. The Kier molecular flexibility index (Phi) is 6.13. The molecule has 1 atom stereocenters. The van der Waals surface area contributed by atoms with Crippen molar-refractivity contribution in [2.24, 2.45) is 7.05 Å². The predicted octanol–water partition coefficient (Wildman–Crippen LogP) is 7.64. The molecule has 2 nitrogen and oxygen atoms in total. The van der Waals surface area contributed by atoms with Crippen molar-refractivity contribution in [3.63, 3.8) is 0 Å². The van der Waals surface area contributed by atoms with Crippen LogP contribution in [0.2, 0.25) is 0 Å². The third-order valence-electron chi connectivity index (χ3n) is 7.95. The second-order valence-electron chi connectivity index (χ2n) is 10.2. The molecule has 1 saturated carbocycles. The number of hydrogen-bond donors (Lipinski definition) is 0. The van der Waals surface area contributed by atoms with E-state index in [1.54, 1.807) is 6.07 Å². The molecule has 0 spiro atoms. The van der Waals surface area contributed by atoms with Crippen molar-refractivity contribution in [2.75, 3.05) is 6.66 Å². The molecular weight excluding hydrogens is 464 g/mol. The van der Waals surface area contributed by atoms with Crippen molar-refractivity contribution >= 4 is 40.5 Å². The highest BCUT2D eigenvalue weighted by Gasteiger charge is 2.25. The molecule has 4 heteroatoms. The van der Waals surface area contributed by atoms with E-state index in [-0.39, 0.29) is 5.82 Å². The monoisotopic (exact) mass is 496 g/mol. The molecular formula is C32H32FNOP+. The van der Waals surface area contributed by atoms with Crippen LogP contribution >= 0.6 is 7.92 Å². The average molecular weight is 497 g/mol. The number of rotatable bonds is 4. The molecule has 0 N–H and O–H groups in total. The van der Waals surface area contributed by atoms with Gasteiger partial charge in [-0.05, 0) is 74.9 Å². The summed E-state index contributed by atoms with van der Waals surface area (Å²) in [7, 11) is 1.14. The zero-order chi connectivity index (χ0) is 24.8. The summed E-state index contributed by atoms with van der Waals surface area (Å²) in [5, 5.41) is 3.90. The summed E-state index contributed by atoms with van der Waals surface area (Å²) < 4.78 is 24.2. The molecule has 0 amide bonds. The third-order valence-corrected chi connectivity index (χ3v) is 10.1. The maximum atomic E-state index is 15.5. The van der Waals surface area contributed by atoms with E-state index in [9.17, 15) is 0 Å². The number of aromatic nitrogens is 1. The van der Waals surface area contributed by atoms with Crippen LogP contribution < -0.4 is 15.2 Å². The fraction of sp³-hybridized carbons (Fsp3) is 0.281. The van der Waals surface area contributed by atoms with E-state index in [0.29, 0.717) is 16.8 Å². The predicted molar refractivity (Wildman–Crippen MR) is 149 cm³/mol. The van der Waals surface area contributed by atoms with Crippen LogP contribution in [-0.4, -0.2) is 6.66 Å². The molecule has 0 bridgehead atoms. The number of hydrogen-bond acceptors (Lipinski definition) is 1. The van der Waals surface area contributed by atoms with Crippen LogP contribution in [0.25, 0.3) is 33.2 Å². The van der Waals surface area contributed by atoms with E-state index >= 15 is 4.39 Å².